The van der Waals surface area contributed by atoms with Gasteiger partial charge in [-0.2, -0.15) is 0 Å². The second-order valence-corrected chi connectivity index (χ2v) is 6.21. The van der Waals surface area contributed by atoms with Crippen LogP contribution >= 0.6 is 0 Å². The predicted octanol–water partition coefficient (Wildman–Crippen LogP) is 0.142. The molecule has 0 aliphatic carbocycles. The molecule has 0 radical (unpaired) electrons. The number of nitrogens with zero attached hydrogens (tertiary/aromatic N) is 1. The lowest BCUT2D eigenvalue weighted by Gasteiger charge is -2.18. The molecule has 2 atom stereocenters. The predicted molar refractivity (Wildman–Crippen MR) is 64.9 cm³/mol. The van der Waals surface area contributed by atoms with E-state index in [2.05, 4.69) is 20.0 Å². The average molecular weight is 258 g/mol. The Bertz CT molecular complexity index is 437. The molecule has 1 saturated heterocycles. The fourth-order valence-corrected chi connectivity index (χ4v) is 3.62. The van der Waals surface area contributed by atoms with Crippen LogP contribution in [0.2, 0.25) is 0 Å². The van der Waals surface area contributed by atoms with E-state index in [1.165, 1.54) is 0 Å². The van der Waals surface area contributed by atoms with E-state index in [4.69, 9.17) is 0 Å². The third-order valence-corrected chi connectivity index (χ3v) is 4.91. The number of nitrogens with one attached hydrogen (secondary N) is 3. The molecular formula is C10H18N4O2S. The van der Waals surface area contributed by atoms with Crippen molar-refractivity contribution in [1.82, 2.24) is 20.0 Å². The zero-order chi connectivity index (χ0) is 12.3. The van der Waals surface area contributed by atoms with Gasteiger partial charge in [-0.1, -0.05) is 6.92 Å². The fraction of sp³-hybridized carbons (Fsp3) is 0.700. The zero-order valence-corrected chi connectivity index (χ0v) is 10.6. The maximum atomic E-state index is 12.1. The summed E-state index contributed by atoms with van der Waals surface area (Å²) in [5.41, 5.74) is 0. The van der Waals surface area contributed by atoms with Crippen LogP contribution in [0.25, 0.3) is 0 Å². The van der Waals surface area contributed by atoms with Gasteiger partial charge in [-0.25, -0.2) is 18.1 Å². The number of H-pyrrole nitrogens is 1. The minimum absolute atomic E-state index is 0.268. The Kier molecular flexibility index (Phi) is 3.80. The Morgan fingerprint density at radius 3 is 3.00 bits per heavy atom. The molecule has 1 aromatic heterocycles. The molecule has 17 heavy (non-hydrogen) atoms. The first-order chi connectivity index (χ1) is 8.13. The van der Waals surface area contributed by atoms with Gasteiger partial charge in [-0.05, 0) is 19.4 Å². The van der Waals surface area contributed by atoms with Crippen molar-refractivity contribution in [2.45, 2.75) is 31.1 Å². The van der Waals surface area contributed by atoms with Gasteiger partial charge in [0.1, 0.15) is 5.82 Å². The van der Waals surface area contributed by atoms with Crippen LogP contribution in [0.3, 0.4) is 0 Å². The molecule has 1 aromatic rings. The average Bonchev–Trinajstić information content (AvgIpc) is 2.97. The Morgan fingerprint density at radius 2 is 2.47 bits per heavy atom. The first-order valence-electron chi connectivity index (χ1n) is 5.84. The van der Waals surface area contributed by atoms with E-state index in [-0.39, 0.29) is 11.3 Å². The first kappa shape index (κ1) is 12.5. The quantitative estimate of drug-likeness (QED) is 0.701. The summed E-state index contributed by atoms with van der Waals surface area (Å²) in [6, 6.07) is -0.268. The summed E-state index contributed by atoms with van der Waals surface area (Å²) in [5.74, 6) is 0.669. The standard InChI is InChI=1S/C10H18N4O2S/c1-2-9(10-12-5-6-13-10)14-17(15,16)8-3-4-11-7-8/h5-6,8-9,11,14H,2-4,7H2,1H3,(H,12,13). The molecule has 1 aliphatic rings. The molecule has 0 bridgehead atoms. The van der Waals surface area contributed by atoms with Gasteiger partial charge in [0.2, 0.25) is 10.0 Å². The van der Waals surface area contributed by atoms with E-state index in [1.54, 1.807) is 12.4 Å². The van der Waals surface area contributed by atoms with Crippen LogP contribution in [-0.4, -0.2) is 36.7 Å². The van der Waals surface area contributed by atoms with Crippen molar-refractivity contribution in [3.8, 4) is 0 Å². The van der Waals surface area contributed by atoms with Crippen molar-refractivity contribution in [2.24, 2.45) is 0 Å². The van der Waals surface area contributed by atoms with Gasteiger partial charge < -0.3 is 10.3 Å². The largest absolute Gasteiger partial charge is 0.347 e. The van der Waals surface area contributed by atoms with Crippen LogP contribution in [0, 0.1) is 0 Å². The summed E-state index contributed by atoms with van der Waals surface area (Å²) in [5, 5.41) is 2.73. The van der Waals surface area contributed by atoms with Crippen LogP contribution in [0.1, 0.15) is 31.6 Å². The highest BCUT2D eigenvalue weighted by atomic mass is 32.2. The van der Waals surface area contributed by atoms with E-state index in [0.29, 0.717) is 25.2 Å². The van der Waals surface area contributed by atoms with Crippen molar-refractivity contribution < 1.29 is 8.42 Å². The van der Waals surface area contributed by atoms with E-state index in [9.17, 15) is 8.42 Å². The van der Waals surface area contributed by atoms with Crippen LogP contribution in [0.5, 0.6) is 0 Å². The van der Waals surface area contributed by atoms with Crippen molar-refractivity contribution in [1.29, 1.82) is 0 Å². The Morgan fingerprint density at radius 1 is 1.65 bits per heavy atom. The highest BCUT2D eigenvalue weighted by molar-refractivity contribution is 7.90. The Labute approximate surface area is 101 Å². The van der Waals surface area contributed by atoms with Gasteiger partial charge in [-0.15, -0.1) is 0 Å². The number of imidazole rings is 1. The second kappa shape index (κ2) is 5.16. The molecule has 0 amide bonds. The second-order valence-electron chi connectivity index (χ2n) is 4.21. The number of rotatable bonds is 5. The molecule has 0 aromatic carbocycles. The third kappa shape index (κ3) is 2.85. The van der Waals surface area contributed by atoms with Gasteiger partial charge in [0.25, 0.3) is 0 Å². The molecule has 1 aliphatic heterocycles. The van der Waals surface area contributed by atoms with Gasteiger partial charge in [-0.3, -0.25) is 0 Å². The maximum absolute atomic E-state index is 12.1. The smallest absolute Gasteiger partial charge is 0.216 e. The molecular weight excluding hydrogens is 240 g/mol. The first-order valence-corrected chi connectivity index (χ1v) is 7.39. The molecule has 3 N–H and O–H groups in total. The van der Waals surface area contributed by atoms with Crippen LogP contribution in [0.4, 0.5) is 0 Å². The third-order valence-electron chi connectivity index (χ3n) is 3.02. The Hall–Kier alpha value is -0.920. The van der Waals surface area contributed by atoms with Gasteiger partial charge in [0.05, 0.1) is 11.3 Å². The molecule has 1 fully saturated rings. The molecule has 7 heteroatoms. The minimum Gasteiger partial charge on any atom is -0.347 e. The lowest BCUT2D eigenvalue weighted by atomic mass is 10.2. The molecule has 2 unspecified atom stereocenters. The lowest BCUT2D eigenvalue weighted by Crippen LogP contribution is -2.38. The number of sulfonamides is 1. The number of aromatic amines is 1. The van der Waals surface area contributed by atoms with E-state index >= 15 is 0 Å². The normalized spacial score (nSPS) is 22.8. The molecule has 0 spiro atoms. The summed E-state index contributed by atoms with van der Waals surface area (Å²) in [4.78, 5) is 7.05. The summed E-state index contributed by atoms with van der Waals surface area (Å²) in [6.45, 7) is 3.23. The fourth-order valence-electron chi connectivity index (χ4n) is 1.99. The van der Waals surface area contributed by atoms with Crippen LogP contribution in [-0.2, 0) is 10.0 Å². The van der Waals surface area contributed by atoms with Crippen molar-refractivity contribution in [3.63, 3.8) is 0 Å². The highest BCUT2D eigenvalue weighted by Crippen LogP contribution is 2.16. The topological polar surface area (TPSA) is 86.9 Å². The van der Waals surface area contributed by atoms with E-state index in [1.807, 2.05) is 6.92 Å². The van der Waals surface area contributed by atoms with Gasteiger partial charge >= 0.3 is 0 Å². The summed E-state index contributed by atoms with van der Waals surface area (Å²) < 4.78 is 26.9. The highest BCUT2D eigenvalue weighted by Gasteiger charge is 2.31. The number of aromatic nitrogens is 2. The number of hydrogen-bond donors (Lipinski definition) is 3. The minimum atomic E-state index is -3.27. The summed E-state index contributed by atoms with van der Waals surface area (Å²) >= 11 is 0. The van der Waals surface area contributed by atoms with Crippen LogP contribution in [0.15, 0.2) is 12.4 Å². The lowest BCUT2D eigenvalue weighted by molar-refractivity contribution is 0.529. The number of hydrogen-bond acceptors (Lipinski definition) is 4. The SMILES string of the molecule is CCC(NS(=O)(=O)C1CCNC1)c1ncc[nH]1. The molecule has 2 heterocycles. The molecule has 6 nitrogen and oxygen atoms in total. The maximum Gasteiger partial charge on any atom is 0.216 e. The van der Waals surface area contributed by atoms with Crippen LogP contribution < -0.4 is 10.0 Å². The Balaban J connectivity index is 2.08. The summed E-state index contributed by atoms with van der Waals surface area (Å²) in [6.07, 6.45) is 4.67. The van der Waals surface area contributed by atoms with Crippen molar-refractivity contribution >= 4 is 10.0 Å². The van der Waals surface area contributed by atoms with E-state index in [0.717, 1.165) is 6.54 Å². The zero-order valence-electron chi connectivity index (χ0n) is 9.81. The molecule has 2 rings (SSSR count). The monoisotopic (exact) mass is 258 g/mol. The molecule has 96 valence electrons. The summed E-state index contributed by atoms with van der Waals surface area (Å²) in [7, 11) is -3.27. The van der Waals surface area contributed by atoms with Crippen molar-refractivity contribution in [3.05, 3.63) is 18.2 Å². The van der Waals surface area contributed by atoms with Gasteiger partial charge in [0.15, 0.2) is 0 Å². The van der Waals surface area contributed by atoms with E-state index < -0.39 is 10.0 Å². The van der Waals surface area contributed by atoms with Gasteiger partial charge in [0, 0.05) is 18.9 Å². The van der Waals surface area contributed by atoms with Crippen molar-refractivity contribution in [2.75, 3.05) is 13.1 Å². The molecule has 0 saturated carbocycles.